The summed E-state index contributed by atoms with van der Waals surface area (Å²) in [5, 5.41) is 3.51. The Hall–Kier alpha value is -0.570. The van der Waals surface area contributed by atoms with Gasteiger partial charge in [-0.25, -0.2) is 0 Å². The molecule has 2 aliphatic heterocycles. The van der Waals surface area contributed by atoms with Crippen LogP contribution in [0.3, 0.4) is 0 Å². The van der Waals surface area contributed by atoms with Gasteiger partial charge in [-0.15, -0.1) is 0 Å². The first kappa shape index (κ1) is 9.97. The monoisotopic (exact) mass is 195 g/mol. The molecule has 1 unspecified atom stereocenters. The van der Waals surface area contributed by atoms with E-state index in [1.807, 2.05) is 0 Å². The van der Waals surface area contributed by atoms with Crippen LogP contribution in [0.4, 0.5) is 0 Å². The van der Waals surface area contributed by atoms with Crippen molar-refractivity contribution in [1.29, 1.82) is 0 Å². The van der Waals surface area contributed by atoms with E-state index in [2.05, 4.69) is 22.3 Å². The summed E-state index contributed by atoms with van der Waals surface area (Å²) in [7, 11) is 2.21. The summed E-state index contributed by atoms with van der Waals surface area (Å²) < 4.78 is 0. The number of rotatable bonds is 2. The average Bonchev–Trinajstić information content (AvgIpc) is 2.63. The summed E-state index contributed by atoms with van der Waals surface area (Å²) in [4.78, 5) is 6.91. The van der Waals surface area contributed by atoms with Crippen LogP contribution in [0.1, 0.15) is 25.7 Å². The minimum absolute atomic E-state index is 0.838. The molecule has 0 aromatic rings. The second kappa shape index (κ2) is 4.78. The van der Waals surface area contributed by atoms with Gasteiger partial charge >= 0.3 is 0 Å². The Morgan fingerprint density at radius 2 is 2.43 bits per heavy atom. The topological polar surface area (TPSA) is 27.6 Å². The van der Waals surface area contributed by atoms with Gasteiger partial charge in [0.25, 0.3) is 0 Å². The highest BCUT2D eigenvalue weighted by Gasteiger charge is 2.19. The van der Waals surface area contributed by atoms with Crippen LogP contribution in [0, 0.1) is 5.92 Å². The molecule has 0 saturated carbocycles. The van der Waals surface area contributed by atoms with E-state index >= 15 is 0 Å². The maximum atomic E-state index is 4.50. The molecule has 1 atom stereocenters. The van der Waals surface area contributed by atoms with Gasteiger partial charge in [0.05, 0.1) is 5.84 Å². The summed E-state index contributed by atoms with van der Waals surface area (Å²) in [5.74, 6) is 2.09. The fourth-order valence-electron chi connectivity index (χ4n) is 2.30. The summed E-state index contributed by atoms with van der Waals surface area (Å²) in [6.45, 7) is 4.68. The minimum Gasteiger partial charge on any atom is -0.374 e. The lowest BCUT2D eigenvalue weighted by molar-refractivity contribution is 0.394. The maximum Gasteiger partial charge on any atom is 0.0963 e. The molecule has 0 aromatic carbocycles. The molecule has 3 heteroatoms. The third kappa shape index (κ3) is 2.71. The van der Waals surface area contributed by atoms with Crippen molar-refractivity contribution in [3.05, 3.63) is 0 Å². The predicted octanol–water partition coefficient (Wildman–Crippen LogP) is 1.11. The van der Waals surface area contributed by atoms with Crippen molar-refractivity contribution < 1.29 is 0 Å². The van der Waals surface area contributed by atoms with Gasteiger partial charge in [0, 0.05) is 26.1 Å². The Kier molecular flexibility index (Phi) is 3.40. The van der Waals surface area contributed by atoms with Crippen LogP contribution in [0.5, 0.6) is 0 Å². The SMILES string of the molecule is CN1CCC(CNC2=NCCCC2)C1. The van der Waals surface area contributed by atoms with E-state index in [4.69, 9.17) is 0 Å². The average molecular weight is 195 g/mol. The highest BCUT2D eigenvalue weighted by Crippen LogP contribution is 2.13. The highest BCUT2D eigenvalue weighted by molar-refractivity contribution is 5.82. The van der Waals surface area contributed by atoms with Gasteiger partial charge < -0.3 is 10.2 Å². The van der Waals surface area contributed by atoms with Crippen molar-refractivity contribution in [2.75, 3.05) is 33.2 Å². The zero-order valence-electron chi connectivity index (χ0n) is 9.13. The molecule has 1 fully saturated rings. The van der Waals surface area contributed by atoms with E-state index in [1.165, 1.54) is 44.6 Å². The molecular weight excluding hydrogens is 174 g/mol. The summed E-state index contributed by atoms with van der Waals surface area (Å²) in [5.41, 5.74) is 0. The van der Waals surface area contributed by atoms with Gasteiger partial charge in [-0.2, -0.15) is 0 Å². The summed E-state index contributed by atoms with van der Waals surface area (Å²) >= 11 is 0. The second-order valence-corrected chi connectivity index (χ2v) is 4.58. The van der Waals surface area contributed by atoms with Gasteiger partial charge in [-0.3, -0.25) is 4.99 Å². The van der Waals surface area contributed by atoms with Crippen LogP contribution in [-0.2, 0) is 0 Å². The molecular formula is C11H21N3. The number of hydrogen-bond acceptors (Lipinski definition) is 3. The van der Waals surface area contributed by atoms with Crippen molar-refractivity contribution in [3.8, 4) is 0 Å². The molecule has 14 heavy (non-hydrogen) atoms. The molecule has 80 valence electrons. The fraction of sp³-hybridized carbons (Fsp3) is 0.909. The number of hydrogen-bond donors (Lipinski definition) is 1. The van der Waals surface area contributed by atoms with Gasteiger partial charge in [0.1, 0.15) is 0 Å². The number of likely N-dealkylation sites (tertiary alicyclic amines) is 1. The zero-order valence-corrected chi connectivity index (χ0v) is 9.13. The van der Waals surface area contributed by atoms with Gasteiger partial charge in [0.2, 0.25) is 0 Å². The molecule has 0 bridgehead atoms. The second-order valence-electron chi connectivity index (χ2n) is 4.58. The maximum absolute atomic E-state index is 4.50. The van der Waals surface area contributed by atoms with Crippen LogP contribution in [0.25, 0.3) is 0 Å². The molecule has 1 N–H and O–H groups in total. The lowest BCUT2D eigenvalue weighted by Crippen LogP contribution is -2.31. The molecule has 2 heterocycles. The van der Waals surface area contributed by atoms with E-state index in [-0.39, 0.29) is 0 Å². The standard InChI is InChI=1S/C11H21N3/c1-14-7-5-10(9-14)8-13-11-4-2-3-6-12-11/h10H,2-9H2,1H3,(H,12,13). The van der Waals surface area contributed by atoms with Gasteiger partial charge in [-0.1, -0.05) is 0 Å². The molecule has 3 nitrogen and oxygen atoms in total. The van der Waals surface area contributed by atoms with Gasteiger partial charge in [0.15, 0.2) is 0 Å². The van der Waals surface area contributed by atoms with Gasteiger partial charge in [-0.05, 0) is 38.8 Å². The quantitative estimate of drug-likeness (QED) is 0.715. The number of aliphatic imine (C=N–C) groups is 1. The molecule has 0 spiro atoms. The molecule has 0 amide bonds. The van der Waals surface area contributed by atoms with Crippen molar-refractivity contribution in [2.45, 2.75) is 25.7 Å². The van der Waals surface area contributed by atoms with Crippen LogP contribution < -0.4 is 5.32 Å². The molecule has 0 radical (unpaired) electrons. The first-order valence-electron chi connectivity index (χ1n) is 5.80. The zero-order chi connectivity index (χ0) is 9.80. The Morgan fingerprint density at radius 1 is 1.50 bits per heavy atom. The van der Waals surface area contributed by atoms with E-state index in [1.54, 1.807) is 0 Å². The molecule has 1 saturated heterocycles. The molecule has 0 aromatic heterocycles. The van der Waals surface area contributed by atoms with Crippen molar-refractivity contribution in [1.82, 2.24) is 10.2 Å². The number of amidine groups is 1. The van der Waals surface area contributed by atoms with E-state index in [0.717, 1.165) is 19.0 Å². The third-order valence-corrected chi connectivity index (χ3v) is 3.21. The largest absolute Gasteiger partial charge is 0.374 e. The van der Waals surface area contributed by atoms with Crippen molar-refractivity contribution in [3.63, 3.8) is 0 Å². The van der Waals surface area contributed by atoms with Crippen LogP contribution in [0.15, 0.2) is 4.99 Å². The third-order valence-electron chi connectivity index (χ3n) is 3.21. The Balaban J connectivity index is 1.69. The highest BCUT2D eigenvalue weighted by atomic mass is 15.1. The molecule has 0 aliphatic carbocycles. The van der Waals surface area contributed by atoms with Crippen LogP contribution in [-0.4, -0.2) is 44.0 Å². The van der Waals surface area contributed by atoms with E-state index in [0.29, 0.717) is 0 Å². The fourth-order valence-corrected chi connectivity index (χ4v) is 2.30. The Morgan fingerprint density at radius 3 is 3.07 bits per heavy atom. The summed E-state index contributed by atoms with van der Waals surface area (Å²) in [6.07, 6.45) is 5.10. The van der Waals surface area contributed by atoms with Crippen molar-refractivity contribution >= 4 is 5.84 Å². The van der Waals surface area contributed by atoms with E-state index in [9.17, 15) is 0 Å². The normalized spacial score (nSPS) is 28.9. The molecule has 2 rings (SSSR count). The van der Waals surface area contributed by atoms with Crippen LogP contribution in [0.2, 0.25) is 0 Å². The summed E-state index contributed by atoms with van der Waals surface area (Å²) in [6, 6.07) is 0. The number of nitrogens with one attached hydrogen (secondary N) is 1. The number of nitrogens with zero attached hydrogens (tertiary/aromatic N) is 2. The lowest BCUT2D eigenvalue weighted by atomic mass is 10.1. The first-order chi connectivity index (χ1) is 6.84. The minimum atomic E-state index is 0.838. The molecule has 2 aliphatic rings. The van der Waals surface area contributed by atoms with E-state index < -0.39 is 0 Å². The Bertz CT molecular complexity index is 213. The predicted molar refractivity (Wildman–Crippen MR) is 59.8 cm³/mol. The Labute approximate surface area is 86.6 Å². The van der Waals surface area contributed by atoms with Crippen molar-refractivity contribution in [2.24, 2.45) is 10.9 Å². The first-order valence-corrected chi connectivity index (χ1v) is 5.80. The smallest absolute Gasteiger partial charge is 0.0963 e. The van der Waals surface area contributed by atoms with Crippen LogP contribution >= 0.6 is 0 Å². The lowest BCUT2D eigenvalue weighted by Gasteiger charge is -2.16.